The van der Waals surface area contributed by atoms with Crippen LogP contribution in [-0.4, -0.2) is 11.7 Å². The van der Waals surface area contributed by atoms with Gasteiger partial charge in [0.15, 0.2) is 0 Å². The number of allylic oxidation sites excluding steroid dienone is 1. The zero-order valence-corrected chi connectivity index (χ0v) is 13.6. The fraction of sp³-hybridized carbons (Fsp3) is 0.900. The molecule has 0 aromatic heterocycles. The van der Waals surface area contributed by atoms with Crippen LogP contribution in [0.5, 0.6) is 0 Å². The van der Waals surface area contributed by atoms with Gasteiger partial charge in [-0.3, -0.25) is 0 Å². The van der Waals surface area contributed by atoms with Crippen molar-refractivity contribution < 1.29 is 5.11 Å². The average molecular weight is 293 g/mol. The quantitative estimate of drug-likeness (QED) is 0.651. The summed E-state index contributed by atoms with van der Waals surface area (Å²) in [5.74, 6) is 5.10. The molecule has 7 atom stereocenters. The normalized spacial score (nSPS) is 49.8. The third-order valence-corrected chi connectivity index (χ3v) is 7.25. The molecule has 3 aliphatic carbocycles. The average Bonchev–Trinajstić information content (AvgIpc) is 2.57. The van der Waals surface area contributed by atoms with Crippen molar-refractivity contribution in [3.8, 4) is 0 Å². The smallest absolute Gasteiger partial charge is 0.0484 e. The molecule has 0 heterocycles. The van der Waals surface area contributed by atoms with Crippen LogP contribution in [0.25, 0.3) is 0 Å². The minimum Gasteiger partial charge on any atom is -0.396 e. The van der Waals surface area contributed by atoms with Crippen LogP contribution >= 0.6 is 0 Å². The van der Waals surface area contributed by atoms with Crippen LogP contribution in [0.3, 0.4) is 0 Å². The predicted octanol–water partition coefficient (Wildman–Crippen LogP) is 5.30. The first kappa shape index (κ1) is 17.1. The number of aliphatic hydroxyl groups excluding tert-OH is 1. The lowest BCUT2D eigenvalue weighted by Crippen LogP contribution is -2.44. The summed E-state index contributed by atoms with van der Waals surface area (Å²) in [7, 11) is 0. The molecule has 1 N–H and O–H groups in total. The molecule has 1 heteroatoms. The van der Waals surface area contributed by atoms with Crippen LogP contribution in [0.15, 0.2) is 12.2 Å². The first-order valence-electron chi connectivity index (χ1n) is 8.74. The highest BCUT2D eigenvalue weighted by Gasteiger charge is 2.50. The highest BCUT2D eigenvalue weighted by molar-refractivity contribution is 5.13. The lowest BCUT2D eigenvalue weighted by molar-refractivity contribution is 0.00543. The van der Waals surface area contributed by atoms with Gasteiger partial charge in [-0.25, -0.2) is 0 Å². The SMILES string of the molecule is C.C=C1CC2C[C@](C)(CO)CCC3C(C)CCC(C1C)C23. The van der Waals surface area contributed by atoms with Crippen molar-refractivity contribution >= 4 is 0 Å². The fourth-order valence-electron chi connectivity index (χ4n) is 5.88. The summed E-state index contributed by atoms with van der Waals surface area (Å²) in [6.07, 6.45) is 7.83. The molecule has 0 amide bonds. The molecule has 0 radical (unpaired) electrons. The van der Waals surface area contributed by atoms with E-state index in [2.05, 4.69) is 27.4 Å². The van der Waals surface area contributed by atoms with Gasteiger partial charge in [0.05, 0.1) is 0 Å². The van der Waals surface area contributed by atoms with Gasteiger partial charge in [-0.1, -0.05) is 46.8 Å². The molecule has 0 aromatic carbocycles. The van der Waals surface area contributed by atoms with Crippen LogP contribution in [0, 0.1) is 40.9 Å². The van der Waals surface area contributed by atoms with Crippen LogP contribution in [-0.2, 0) is 0 Å². The van der Waals surface area contributed by atoms with E-state index in [0.29, 0.717) is 6.61 Å². The van der Waals surface area contributed by atoms with Crippen LogP contribution in [0.2, 0.25) is 0 Å². The fourth-order valence-corrected chi connectivity index (χ4v) is 5.88. The minimum absolute atomic E-state index is 0. The Kier molecular flexibility index (Phi) is 4.93. The third kappa shape index (κ3) is 2.83. The molecule has 3 aliphatic rings. The summed E-state index contributed by atoms with van der Waals surface area (Å²) < 4.78 is 0. The molecule has 6 unspecified atom stereocenters. The maximum Gasteiger partial charge on any atom is 0.0484 e. The van der Waals surface area contributed by atoms with E-state index < -0.39 is 0 Å². The molecule has 3 rings (SSSR count). The minimum atomic E-state index is 0. The van der Waals surface area contributed by atoms with Gasteiger partial charge >= 0.3 is 0 Å². The predicted molar refractivity (Wildman–Crippen MR) is 91.1 cm³/mol. The van der Waals surface area contributed by atoms with Crippen molar-refractivity contribution in [2.24, 2.45) is 40.9 Å². The monoisotopic (exact) mass is 292 g/mol. The Morgan fingerprint density at radius 1 is 1.19 bits per heavy atom. The highest BCUT2D eigenvalue weighted by Crippen LogP contribution is 2.58. The second-order valence-corrected chi connectivity index (χ2v) is 8.58. The van der Waals surface area contributed by atoms with E-state index in [4.69, 9.17) is 0 Å². The Bertz CT molecular complexity index is 387. The van der Waals surface area contributed by atoms with Gasteiger partial charge in [0, 0.05) is 6.61 Å². The summed E-state index contributed by atoms with van der Waals surface area (Å²) in [4.78, 5) is 0. The Morgan fingerprint density at radius 3 is 2.57 bits per heavy atom. The summed E-state index contributed by atoms with van der Waals surface area (Å²) >= 11 is 0. The summed E-state index contributed by atoms with van der Waals surface area (Å²) in [5.41, 5.74) is 1.65. The van der Waals surface area contributed by atoms with Crippen molar-refractivity contribution in [1.29, 1.82) is 0 Å². The summed E-state index contributed by atoms with van der Waals surface area (Å²) in [6.45, 7) is 12.0. The number of rotatable bonds is 1. The number of hydrogen-bond acceptors (Lipinski definition) is 1. The van der Waals surface area contributed by atoms with Crippen molar-refractivity contribution in [3.63, 3.8) is 0 Å². The van der Waals surface area contributed by atoms with E-state index in [1.165, 1.54) is 44.1 Å². The van der Waals surface area contributed by atoms with E-state index in [1.807, 2.05) is 0 Å². The standard InChI is InChI=1S/C19H32O.CH4/c1-12-5-6-17-14(3)13(2)9-15-10-19(4,11-20)8-7-16(12)18(15)17;/h12,14-18,20H,2,5-11H2,1,3-4H3;1H4/t12?,14?,15?,16?,17?,18?,19-;/m1./s1. The summed E-state index contributed by atoms with van der Waals surface area (Å²) in [5, 5.41) is 9.87. The second-order valence-electron chi connectivity index (χ2n) is 8.58. The third-order valence-electron chi connectivity index (χ3n) is 7.25. The van der Waals surface area contributed by atoms with E-state index in [1.54, 1.807) is 0 Å². The van der Waals surface area contributed by atoms with Gasteiger partial charge < -0.3 is 5.11 Å². The molecule has 0 saturated heterocycles. The topological polar surface area (TPSA) is 20.2 Å². The molecule has 21 heavy (non-hydrogen) atoms. The molecule has 0 spiro atoms. The van der Waals surface area contributed by atoms with Gasteiger partial charge in [-0.2, -0.15) is 0 Å². The van der Waals surface area contributed by atoms with Gasteiger partial charge in [-0.05, 0) is 73.0 Å². The molecule has 122 valence electrons. The molecule has 3 saturated carbocycles. The first-order valence-corrected chi connectivity index (χ1v) is 8.74. The van der Waals surface area contributed by atoms with E-state index >= 15 is 0 Å². The largest absolute Gasteiger partial charge is 0.396 e. The van der Waals surface area contributed by atoms with Gasteiger partial charge in [0.1, 0.15) is 0 Å². The van der Waals surface area contributed by atoms with E-state index in [-0.39, 0.29) is 12.8 Å². The Labute approximate surface area is 132 Å². The molecule has 3 fully saturated rings. The van der Waals surface area contributed by atoms with E-state index in [0.717, 1.165) is 35.5 Å². The molecule has 1 nitrogen and oxygen atoms in total. The van der Waals surface area contributed by atoms with Gasteiger partial charge in [-0.15, -0.1) is 0 Å². The zero-order chi connectivity index (χ0) is 14.5. The zero-order valence-electron chi connectivity index (χ0n) is 13.6. The van der Waals surface area contributed by atoms with Crippen LogP contribution in [0.4, 0.5) is 0 Å². The maximum atomic E-state index is 9.87. The second kappa shape index (κ2) is 6.07. The first-order chi connectivity index (χ1) is 9.45. The van der Waals surface area contributed by atoms with Crippen LogP contribution in [0.1, 0.15) is 66.7 Å². The lowest BCUT2D eigenvalue weighted by Gasteiger charge is -2.51. The van der Waals surface area contributed by atoms with Gasteiger partial charge in [0.25, 0.3) is 0 Å². The summed E-state index contributed by atoms with van der Waals surface area (Å²) in [6, 6.07) is 0. The molecule has 0 aromatic rings. The number of aliphatic hydroxyl groups is 1. The van der Waals surface area contributed by atoms with Crippen LogP contribution < -0.4 is 0 Å². The van der Waals surface area contributed by atoms with Crippen molar-refractivity contribution in [1.82, 2.24) is 0 Å². The van der Waals surface area contributed by atoms with Crippen molar-refractivity contribution in [2.75, 3.05) is 6.61 Å². The lowest BCUT2D eigenvalue weighted by atomic mass is 9.54. The van der Waals surface area contributed by atoms with Crippen molar-refractivity contribution in [3.05, 3.63) is 12.2 Å². The molecule has 0 aliphatic heterocycles. The molecular weight excluding hydrogens is 256 g/mol. The van der Waals surface area contributed by atoms with Crippen molar-refractivity contribution in [2.45, 2.75) is 66.7 Å². The Hall–Kier alpha value is -0.300. The highest BCUT2D eigenvalue weighted by atomic mass is 16.3. The maximum absolute atomic E-state index is 9.87. The van der Waals surface area contributed by atoms with E-state index in [9.17, 15) is 5.11 Å². The van der Waals surface area contributed by atoms with Gasteiger partial charge in [0.2, 0.25) is 0 Å². The molecule has 0 bridgehead atoms. The Morgan fingerprint density at radius 2 is 1.90 bits per heavy atom. The molecular formula is C20H36O. The number of hydrogen-bond donors (Lipinski definition) is 1. The Balaban J connectivity index is 0.00000161.